The van der Waals surface area contributed by atoms with Gasteiger partial charge in [-0.25, -0.2) is 0 Å². The summed E-state index contributed by atoms with van der Waals surface area (Å²) in [6.07, 6.45) is 5.25. The molecule has 21 heavy (non-hydrogen) atoms. The Bertz CT molecular complexity index is 473. The van der Waals surface area contributed by atoms with E-state index in [-0.39, 0.29) is 0 Å². The number of benzene rings is 1. The predicted molar refractivity (Wildman–Crippen MR) is 90.0 cm³/mol. The molecule has 0 amide bonds. The van der Waals surface area contributed by atoms with Gasteiger partial charge in [0.05, 0.1) is 0 Å². The van der Waals surface area contributed by atoms with Crippen LogP contribution in [0.3, 0.4) is 0 Å². The molecule has 1 aromatic carbocycles. The van der Waals surface area contributed by atoms with Crippen LogP contribution in [0.5, 0.6) is 0 Å². The molecule has 1 aliphatic heterocycles. The van der Waals surface area contributed by atoms with Gasteiger partial charge < -0.3 is 15.1 Å². The molecule has 2 fully saturated rings. The maximum atomic E-state index is 3.67. The van der Waals surface area contributed by atoms with E-state index in [1.54, 1.807) is 0 Å². The van der Waals surface area contributed by atoms with Gasteiger partial charge in [0.25, 0.3) is 0 Å². The van der Waals surface area contributed by atoms with Crippen molar-refractivity contribution in [1.29, 1.82) is 0 Å². The molecule has 0 atom stereocenters. The zero-order valence-electron chi connectivity index (χ0n) is 13.7. The summed E-state index contributed by atoms with van der Waals surface area (Å²) < 4.78 is 0. The second-order valence-corrected chi connectivity index (χ2v) is 6.93. The molecular weight excluding hydrogens is 258 g/mol. The van der Waals surface area contributed by atoms with E-state index >= 15 is 0 Å². The molecule has 3 heteroatoms. The Morgan fingerprint density at radius 3 is 2.57 bits per heavy atom. The summed E-state index contributed by atoms with van der Waals surface area (Å²) in [6, 6.07) is 8.38. The molecule has 0 bridgehead atoms. The average Bonchev–Trinajstić information content (AvgIpc) is 3.29. The van der Waals surface area contributed by atoms with Crippen molar-refractivity contribution < 1.29 is 0 Å². The van der Waals surface area contributed by atoms with Crippen molar-refractivity contribution in [3.05, 3.63) is 29.3 Å². The molecule has 0 aromatic heterocycles. The second kappa shape index (κ2) is 6.37. The highest BCUT2D eigenvalue weighted by Gasteiger charge is 2.24. The van der Waals surface area contributed by atoms with Crippen LogP contribution in [0.2, 0.25) is 0 Å². The average molecular weight is 287 g/mol. The molecule has 1 aliphatic carbocycles. The molecule has 1 aromatic rings. The van der Waals surface area contributed by atoms with Gasteiger partial charge in [-0.15, -0.1) is 0 Å². The van der Waals surface area contributed by atoms with E-state index in [0.29, 0.717) is 6.04 Å². The van der Waals surface area contributed by atoms with Gasteiger partial charge in [0.1, 0.15) is 0 Å². The molecule has 1 heterocycles. The molecule has 3 nitrogen and oxygen atoms in total. The third-order valence-corrected chi connectivity index (χ3v) is 5.01. The van der Waals surface area contributed by atoms with Gasteiger partial charge in [0.2, 0.25) is 0 Å². The first-order chi connectivity index (χ1) is 10.1. The Morgan fingerprint density at radius 2 is 1.90 bits per heavy atom. The summed E-state index contributed by atoms with van der Waals surface area (Å²) in [5, 5.41) is 3.67. The summed E-state index contributed by atoms with van der Waals surface area (Å²) in [4.78, 5) is 4.96. The molecule has 1 saturated heterocycles. The number of nitrogens with one attached hydrogen (secondary N) is 1. The fourth-order valence-electron chi connectivity index (χ4n) is 3.32. The first-order valence-electron chi connectivity index (χ1n) is 8.38. The molecule has 1 N–H and O–H groups in total. The number of likely N-dealkylation sites (tertiary alicyclic amines) is 1. The third kappa shape index (κ3) is 3.78. The molecule has 2 aliphatic rings. The second-order valence-electron chi connectivity index (χ2n) is 6.93. The van der Waals surface area contributed by atoms with Crippen LogP contribution >= 0.6 is 0 Å². The summed E-state index contributed by atoms with van der Waals surface area (Å²) in [7, 11) is 4.51. The van der Waals surface area contributed by atoms with Crippen LogP contribution in [-0.2, 0) is 6.54 Å². The number of anilines is 1. The Kier molecular flexibility index (Phi) is 4.51. The number of piperidine rings is 1. The van der Waals surface area contributed by atoms with Crippen molar-refractivity contribution in [3.8, 4) is 0 Å². The van der Waals surface area contributed by atoms with Crippen LogP contribution in [0.15, 0.2) is 18.2 Å². The van der Waals surface area contributed by atoms with E-state index in [9.17, 15) is 0 Å². The van der Waals surface area contributed by atoms with Crippen LogP contribution < -0.4 is 10.2 Å². The smallest absolute Gasteiger partial charge is 0.0411 e. The fraction of sp³-hybridized carbons (Fsp3) is 0.667. The van der Waals surface area contributed by atoms with E-state index in [4.69, 9.17) is 0 Å². The summed E-state index contributed by atoms with van der Waals surface area (Å²) >= 11 is 0. The molecule has 116 valence electrons. The molecule has 0 unspecified atom stereocenters. The number of hydrogen-bond acceptors (Lipinski definition) is 3. The third-order valence-electron chi connectivity index (χ3n) is 5.01. The van der Waals surface area contributed by atoms with Crippen molar-refractivity contribution in [2.45, 2.75) is 51.2 Å². The summed E-state index contributed by atoms with van der Waals surface area (Å²) in [5.74, 6) is 0. The fourth-order valence-corrected chi connectivity index (χ4v) is 3.32. The number of hydrogen-bond donors (Lipinski definition) is 1. The lowest BCUT2D eigenvalue weighted by Crippen LogP contribution is -2.42. The minimum atomic E-state index is 0.684. The standard InChI is InChI=1S/C18H29N3/c1-14-4-7-18(15(12-14)13-19-16-5-6-16)21(3)17-8-10-20(2)11-9-17/h4,7,12,16-17,19H,5-6,8-11,13H2,1-3H3. The topological polar surface area (TPSA) is 18.5 Å². The van der Waals surface area contributed by atoms with Gasteiger partial charge >= 0.3 is 0 Å². The highest BCUT2D eigenvalue weighted by atomic mass is 15.2. The van der Waals surface area contributed by atoms with Crippen molar-refractivity contribution >= 4 is 5.69 Å². The van der Waals surface area contributed by atoms with E-state index < -0.39 is 0 Å². The van der Waals surface area contributed by atoms with E-state index in [1.807, 2.05) is 0 Å². The first kappa shape index (κ1) is 14.9. The zero-order chi connectivity index (χ0) is 14.8. The van der Waals surface area contributed by atoms with Crippen LogP contribution in [0, 0.1) is 6.92 Å². The van der Waals surface area contributed by atoms with Crippen LogP contribution in [-0.4, -0.2) is 44.2 Å². The van der Waals surface area contributed by atoms with Crippen LogP contribution in [0.4, 0.5) is 5.69 Å². The number of rotatable bonds is 5. The SMILES string of the molecule is Cc1ccc(N(C)C2CCN(C)CC2)c(CNC2CC2)c1. The lowest BCUT2D eigenvalue weighted by molar-refractivity contribution is 0.252. The van der Waals surface area contributed by atoms with Crippen LogP contribution in [0.25, 0.3) is 0 Å². The van der Waals surface area contributed by atoms with E-state index in [2.05, 4.69) is 54.3 Å². The monoisotopic (exact) mass is 287 g/mol. The first-order valence-corrected chi connectivity index (χ1v) is 8.38. The number of aryl methyl sites for hydroxylation is 1. The lowest BCUT2D eigenvalue weighted by Gasteiger charge is -2.37. The van der Waals surface area contributed by atoms with Gasteiger partial charge in [-0.1, -0.05) is 17.7 Å². The largest absolute Gasteiger partial charge is 0.371 e. The zero-order valence-corrected chi connectivity index (χ0v) is 13.7. The highest BCUT2D eigenvalue weighted by molar-refractivity contribution is 5.55. The van der Waals surface area contributed by atoms with Crippen molar-refractivity contribution in [2.75, 3.05) is 32.1 Å². The maximum absolute atomic E-state index is 3.67. The molecule has 1 saturated carbocycles. The normalized spacial score (nSPS) is 20.7. The highest BCUT2D eigenvalue weighted by Crippen LogP contribution is 2.27. The lowest BCUT2D eigenvalue weighted by atomic mass is 10.0. The van der Waals surface area contributed by atoms with Crippen molar-refractivity contribution in [3.63, 3.8) is 0 Å². The van der Waals surface area contributed by atoms with Gasteiger partial charge in [0, 0.05) is 31.4 Å². The summed E-state index contributed by atoms with van der Waals surface area (Å²) in [6.45, 7) is 5.64. The maximum Gasteiger partial charge on any atom is 0.0411 e. The summed E-state index contributed by atoms with van der Waals surface area (Å²) in [5.41, 5.74) is 4.25. The minimum absolute atomic E-state index is 0.684. The van der Waals surface area contributed by atoms with Crippen LogP contribution in [0.1, 0.15) is 36.8 Å². The predicted octanol–water partition coefficient (Wildman–Crippen LogP) is 2.78. The minimum Gasteiger partial charge on any atom is -0.371 e. The van der Waals surface area contributed by atoms with Crippen molar-refractivity contribution in [2.24, 2.45) is 0 Å². The van der Waals surface area contributed by atoms with E-state index in [1.165, 1.54) is 55.6 Å². The van der Waals surface area contributed by atoms with E-state index in [0.717, 1.165) is 12.6 Å². The molecule has 3 rings (SSSR count). The van der Waals surface area contributed by atoms with Gasteiger partial charge in [0.15, 0.2) is 0 Å². The van der Waals surface area contributed by atoms with Gasteiger partial charge in [-0.05, 0) is 64.4 Å². The Labute approximate surface area is 129 Å². The molecular formula is C18H29N3. The molecule has 0 spiro atoms. The van der Waals surface area contributed by atoms with Gasteiger partial charge in [-0.2, -0.15) is 0 Å². The van der Waals surface area contributed by atoms with Crippen molar-refractivity contribution in [1.82, 2.24) is 10.2 Å². The molecule has 0 radical (unpaired) electrons. The van der Waals surface area contributed by atoms with Gasteiger partial charge in [-0.3, -0.25) is 0 Å². The number of nitrogens with zero attached hydrogens (tertiary/aromatic N) is 2. The Hall–Kier alpha value is -1.06. The Balaban J connectivity index is 1.72. The Morgan fingerprint density at radius 1 is 1.19 bits per heavy atom. The quantitative estimate of drug-likeness (QED) is 0.898.